The Morgan fingerprint density at radius 2 is 2.06 bits per heavy atom. The van der Waals surface area contributed by atoms with Crippen LogP contribution in [0.3, 0.4) is 0 Å². The van der Waals surface area contributed by atoms with Crippen molar-refractivity contribution < 1.29 is 0 Å². The Balaban J connectivity index is 2.48. The van der Waals surface area contributed by atoms with Gasteiger partial charge in [0.05, 0.1) is 0 Å². The lowest BCUT2D eigenvalue weighted by Gasteiger charge is -1.99. The van der Waals surface area contributed by atoms with Crippen LogP contribution in [-0.4, -0.2) is 9.90 Å². The molecule has 0 aliphatic rings. The molecule has 1 heterocycles. The number of aryl methyl sites for hydroxylation is 2. The third kappa shape index (κ3) is 2.23. The van der Waals surface area contributed by atoms with Crippen molar-refractivity contribution in [1.82, 2.24) is 4.57 Å². The minimum atomic E-state index is 0.806. The van der Waals surface area contributed by atoms with Gasteiger partial charge in [0, 0.05) is 23.3 Å². The fraction of sp³-hybridized carbons (Fsp3) is 0.357. The molecule has 0 aliphatic heterocycles. The highest BCUT2D eigenvalue weighted by molar-refractivity contribution is 9.09. The first-order valence-corrected chi connectivity index (χ1v) is 6.94. The van der Waals surface area contributed by atoms with Crippen molar-refractivity contribution in [3.05, 3.63) is 35.5 Å². The predicted octanol–water partition coefficient (Wildman–Crippen LogP) is 3.77. The van der Waals surface area contributed by atoms with Gasteiger partial charge in [-0.3, -0.25) is 0 Å². The fourth-order valence-electron chi connectivity index (χ4n) is 2.26. The van der Waals surface area contributed by atoms with E-state index in [1.165, 1.54) is 10.9 Å². The molecule has 3 heteroatoms. The van der Waals surface area contributed by atoms with Gasteiger partial charge in [-0.25, -0.2) is 0 Å². The lowest BCUT2D eigenvalue weighted by molar-refractivity contribution is 0.801. The van der Waals surface area contributed by atoms with E-state index in [0.29, 0.717) is 0 Å². The molecule has 0 N–H and O–H groups in total. The van der Waals surface area contributed by atoms with Gasteiger partial charge in [-0.1, -0.05) is 34.1 Å². The minimum Gasteiger partial charge on any atom is -0.335 e. The SMILES string of the molecule is Cn1c(C#N)c(CCCCBr)c2ccccc21. The van der Waals surface area contributed by atoms with Gasteiger partial charge in [-0.2, -0.15) is 5.26 Å². The summed E-state index contributed by atoms with van der Waals surface area (Å²) in [6.07, 6.45) is 3.25. The molecule has 0 amide bonds. The molecule has 1 aromatic carbocycles. The summed E-state index contributed by atoms with van der Waals surface area (Å²) in [6.45, 7) is 0. The van der Waals surface area contributed by atoms with E-state index in [1.807, 2.05) is 23.7 Å². The summed E-state index contributed by atoms with van der Waals surface area (Å²) in [5, 5.41) is 11.5. The molecule has 0 radical (unpaired) electrons. The molecule has 0 atom stereocenters. The number of para-hydroxylation sites is 1. The topological polar surface area (TPSA) is 28.7 Å². The van der Waals surface area contributed by atoms with Crippen LogP contribution in [0.2, 0.25) is 0 Å². The zero-order valence-corrected chi connectivity index (χ0v) is 11.5. The van der Waals surface area contributed by atoms with Gasteiger partial charge >= 0.3 is 0 Å². The molecular formula is C14H15BrN2. The number of halogens is 1. The lowest BCUT2D eigenvalue weighted by Crippen LogP contribution is -1.94. The van der Waals surface area contributed by atoms with Crippen LogP contribution < -0.4 is 0 Å². The van der Waals surface area contributed by atoms with Crippen molar-refractivity contribution in [3.63, 3.8) is 0 Å². The minimum absolute atomic E-state index is 0.806. The van der Waals surface area contributed by atoms with Crippen molar-refractivity contribution in [2.75, 3.05) is 5.33 Å². The van der Waals surface area contributed by atoms with Gasteiger partial charge in [0.1, 0.15) is 11.8 Å². The van der Waals surface area contributed by atoms with Crippen molar-refractivity contribution >= 4 is 26.8 Å². The molecule has 0 fully saturated rings. The van der Waals surface area contributed by atoms with Crippen LogP contribution in [0.15, 0.2) is 24.3 Å². The summed E-state index contributed by atoms with van der Waals surface area (Å²) >= 11 is 3.44. The quantitative estimate of drug-likeness (QED) is 0.622. The van der Waals surface area contributed by atoms with Gasteiger partial charge in [0.2, 0.25) is 0 Å². The standard InChI is InChI=1S/C14H15BrN2/c1-17-13-8-3-2-6-11(13)12(14(17)10-16)7-4-5-9-15/h2-3,6,8H,4-5,7,9H2,1H3. The molecule has 2 rings (SSSR count). The number of alkyl halides is 1. The van der Waals surface area contributed by atoms with Crippen molar-refractivity contribution in [3.8, 4) is 6.07 Å². The van der Waals surface area contributed by atoms with Crippen molar-refractivity contribution in [2.24, 2.45) is 7.05 Å². The van der Waals surface area contributed by atoms with E-state index in [-0.39, 0.29) is 0 Å². The number of aromatic nitrogens is 1. The number of nitrogens with zero attached hydrogens (tertiary/aromatic N) is 2. The van der Waals surface area contributed by atoms with Gasteiger partial charge in [0.15, 0.2) is 0 Å². The molecule has 17 heavy (non-hydrogen) atoms. The van der Waals surface area contributed by atoms with Gasteiger partial charge in [0.25, 0.3) is 0 Å². The lowest BCUT2D eigenvalue weighted by atomic mass is 10.0. The average Bonchev–Trinajstić information content (AvgIpc) is 2.63. The monoisotopic (exact) mass is 290 g/mol. The second kappa shape index (κ2) is 5.37. The summed E-state index contributed by atoms with van der Waals surface area (Å²) in [7, 11) is 1.97. The number of nitriles is 1. The van der Waals surface area contributed by atoms with E-state index < -0.39 is 0 Å². The second-order valence-corrected chi connectivity index (χ2v) is 4.95. The van der Waals surface area contributed by atoms with Crippen molar-refractivity contribution in [1.29, 1.82) is 5.26 Å². The Morgan fingerprint density at radius 1 is 1.29 bits per heavy atom. The number of benzene rings is 1. The van der Waals surface area contributed by atoms with E-state index in [9.17, 15) is 5.26 Å². The molecule has 1 aromatic heterocycles. The Labute approximate surface area is 110 Å². The molecule has 0 saturated carbocycles. The first-order chi connectivity index (χ1) is 8.29. The highest BCUT2D eigenvalue weighted by Crippen LogP contribution is 2.26. The number of unbranched alkanes of at least 4 members (excludes halogenated alkanes) is 1. The van der Waals surface area contributed by atoms with Crippen LogP contribution in [-0.2, 0) is 13.5 Å². The zero-order valence-electron chi connectivity index (χ0n) is 9.91. The summed E-state index contributed by atoms with van der Waals surface area (Å²) in [5.74, 6) is 0. The summed E-state index contributed by atoms with van der Waals surface area (Å²) in [5.41, 5.74) is 3.16. The first kappa shape index (κ1) is 12.2. The van der Waals surface area contributed by atoms with Crippen LogP contribution in [0, 0.1) is 11.3 Å². The van der Waals surface area contributed by atoms with Crippen molar-refractivity contribution in [2.45, 2.75) is 19.3 Å². The van der Waals surface area contributed by atoms with Gasteiger partial charge < -0.3 is 4.57 Å². The molecule has 0 unspecified atom stereocenters. The normalized spacial score (nSPS) is 10.6. The maximum absolute atomic E-state index is 9.28. The molecule has 0 aliphatic carbocycles. The van der Waals surface area contributed by atoms with E-state index in [1.54, 1.807) is 0 Å². The number of hydrogen-bond acceptors (Lipinski definition) is 1. The van der Waals surface area contributed by atoms with Crippen LogP contribution in [0.4, 0.5) is 0 Å². The van der Waals surface area contributed by atoms with Gasteiger partial charge in [-0.05, 0) is 30.9 Å². The summed E-state index contributed by atoms with van der Waals surface area (Å²) < 4.78 is 2.00. The van der Waals surface area contributed by atoms with E-state index in [0.717, 1.165) is 35.8 Å². The van der Waals surface area contributed by atoms with E-state index >= 15 is 0 Å². The number of fused-ring (bicyclic) bond motifs is 1. The summed E-state index contributed by atoms with van der Waals surface area (Å²) in [6, 6.07) is 10.6. The molecule has 2 aromatic rings. The highest BCUT2D eigenvalue weighted by Gasteiger charge is 2.13. The molecule has 0 bridgehead atoms. The van der Waals surface area contributed by atoms with E-state index in [4.69, 9.17) is 0 Å². The largest absolute Gasteiger partial charge is 0.335 e. The highest BCUT2D eigenvalue weighted by atomic mass is 79.9. The van der Waals surface area contributed by atoms with E-state index in [2.05, 4.69) is 34.1 Å². The maximum atomic E-state index is 9.28. The number of rotatable bonds is 4. The Bertz CT molecular complexity index is 563. The Hall–Kier alpha value is -1.27. The van der Waals surface area contributed by atoms with Gasteiger partial charge in [-0.15, -0.1) is 0 Å². The zero-order chi connectivity index (χ0) is 12.3. The molecular weight excluding hydrogens is 276 g/mol. The average molecular weight is 291 g/mol. The fourth-order valence-corrected chi connectivity index (χ4v) is 2.66. The summed E-state index contributed by atoms with van der Waals surface area (Å²) in [4.78, 5) is 0. The number of hydrogen-bond donors (Lipinski definition) is 0. The molecule has 0 spiro atoms. The molecule has 0 saturated heterocycles. The van der Waals surface area contributed by atoms with Crippen LogP contribution in [0.5, 0.6) is 0 Å². The first-order valence-electron chi connectivity index (χ1n) is 5.82. The predicted molar refractivity (Wildman–Crippen MR) is 74.4 cm³/mol. The van der Waals surface area contributed by atoms with Crippen LogP contribution >= 0.6 is 15.9 Å². The smallest absolute Gasteiger partial charge is 0.124 e. The Kier molecular flexibility index (Phi) is 3.86. The second-order valence-electron chi connectivity index (χ2n) is 4.16. The third-order valence-electron chi connectivity index (χ3n) is 3.13. The van der Waals surface area contributed by atoms with Crippen LogP contribution in [0.1, 0.15) is 24.1 Å². The molecule has 88 valence electrons. The molecule has 2 nitrogen and oxygen atoms in total. The third-order valence-corrected chi connectivity index (χ3v) is 3.69. The Morgan fingerprint density at radius 3 is 2.76 bits per heavy atom. The van der Waals surface area contributed by atoms with Crippen LogP contribution in [0.25, 0.3) is 10.9 Å². The maximum Gasteiger partial charge on any atom is 0.124 e.